The molecular formula is C15H23IN4O2. The smallest absolute Gasteiger partial charge is 0.226 e. The summed E-state index contributed by atoms with van der Waals surface area (Å²) in [6.07, 6.45) is 3.76. The van der Waals surface area contributed by atoms with E-state index in [1.807, 2.05) is 13.8 Å². The standard InChI is InChI=1S/C15H23IN4O2/c1-9(2)10(3)5-14(21)19-12-7-18-13(8-17-12)20-15(22)6-11(4)16/h7-11H,5-6H2,1-4H3,(H,17,19,21)(H,18,20,22)/t10-,11?/m0/s1. The van der Waals surface area contributed by atoms with Gasteiger partial charge in [0, 0.05) is 16.8 Å². The summed E-state index contributed by atoms with van der Waals surface area (Å²) in [6.45, 7) is 8.18. The highest BCUT2D eigenvalue weighted by Gasteiger charge is 2.13. The molecule has 2 amide bonds. The molecule has 0 aliphatic heterocycles. The summed E-state index contributed by atoms with van der Waals surface area (Å²) in [5, 5.41) is 5.38. The van der Waals surface area contributed by atoms with Gasteiger partial charge in [0.2, 0.25) is 11.8 Å². The number of hydrogen-bond acceptors (Lipinski definition) is 4. The first kappa shape index (κ1) is 18.8. The van der Waals surface area contributed by atoms with E-state index in [0.717, 1.165) is 0 Å². The highest BCUT2D eigenvalue weighted by atomic mass is 127. The molecule has 1 rings (SSSR count). The lowest BCUT2D eigenvalue weighted by atomic mass is 9.94. The Morgan fingerprint density at radius 2 is 1.45 bits per heavy atom. The molecule has 0 fully saturated rings. The van der Waals surface area contributed by atoms with Crippen LogP contribution in [0.15, 0.2) is 12.4 Å². The number of carbonyl (C=O) groups is 2. The van der Waals surface area contributed by atoms with Crippen LogP contribution in [-0.2, 0) is 9.59 Å². The number of nitrogens with one attached hydrogen (secondary N) is 2. The first-order valence-corrected chi connectivity index (χ1v) is 8.58. The molecule has 0 radical (unpaired) electrons. The van der Waals surface area contributed by atoms with Crippen molar-refractivity contribution in [2.45, 2.75) is 44.5 Å². The van der Waals surface area contributed by atoms with Crippen LogP contribution in [0.2, 0.25) is 0 Å². The summed E-state index contributed by atoms with van der Waals surface area (Å²) in [4.78, 5) is 31.7. The molecule has 0 aliphatic carbocycles. The number of halogens is 1. The van der Waals surface area contributed by atoms with Crippen LogP contribution in [0.25, 0.3) is 0 Å². The van der Waals surface area contributed by atoms with Crippen molar-refractivity contribution in [3.05, 3.63) is 12.4 Å². The third-order valence-electron chi connectivity index (χ3n) is 3.30. The van der Waals surface area contributed by atoms with Gasteiger partial charge in [-0.2, -0.15) is 0 Å². The molecule has 7 heteroatoms. The van der Waals surface area contributed by atoms with Gasteiger partial charge in [-0.1, -0.05) is 50.3 Å². The van der Waals surface area contributed by atoms with Crippen LogP contribution >= 0.6 is 22.6 Å². The number of rotatable bonds is 7. The molecule has 0 bridgehead atoms. The number of nitrogens with zero attached hydrogens (tertiary/aromatic N) is 2. The largest absolute Gasteiger partial charge is 0.309 e. The molecule has 22 heavy (non-hydrogen) atoms. The summed E-state index contributed by atoms with van der Waals surface area (Å²) >= 11 is 2.19. The lowest BCUT2D eigenvalue weighted by Crippen LogP contribution is -2.19. The molecule has 0 aromatic carbocycles. The zero-order valence-electron chi connectivity index (χ0n) is 13.4. The van der Waals surface area contributed by atoms with E-state index in [9.17, 15) is 9.59 Å². The van der Waals surface area contributed by atoms with E-state index >= 15 is 0 Å². The number of aromatic nitrogens is 2. The van der Waals surface area contributed by atoms with Gasteiger partial charge >= 0.3 is 0 Å². The van der Waals surface area contributed by atoms with Crippen molar-refractivity contribution in [2.75, 3.05) is 10.6 Å². The highest BCUT2D eigenvalue weighted by molar-refractivity contribution is 14.1. The van der Waals surface area contributed by atoms with Crippen molar-refractivity contribution in [1.82, 2.24) is 9.97 Å². The van der Waals surface area contributed by atoms with Gasteiger partial charge in [-0.25, -0.2) is 9.97 Å². The average molecular weight is 418 g/mol. The number of alkyl halides is 1. The van der Waals surface area contributed by atoms with Crippen LogP contribution in [0.1, 0.15) is 40.5 Å². The molecule has 1 unspecified atom stereocenters. The van der Waals surface area contributed by atoms with Crippen LogP contribution in [-0.4, -0.2) is 25.7 Å². The van der Waals surface area contributed by atoms with E-state index in [1.165, 1.54) is 12.4 Å². The summed E-state index contributed by atoms with van der Waals surface area (Å²) in [5.41, 5.74) is 0. The van der Waals surface area contributed by atoms with Gasteiger partial charge in [0.15, 0.2) is 11.6 Å². The fraction of sp³-hybridized carbons (Fsp3) is 0.600. The van der Waals surface area contributed by atoms with E-state index in [1.54, 1.807) is 0 Å². The Balaban J connectivity index is 2.51. The van der Waals surface area contributed by atoms with Crippen molar-refractivity contribution in [1.29, 1.82) is 0 Å². The maximum atomic E-state index is 11.9. The molecule has 0 saturated carbocycles. The number of amides is 2. The van der Waals surface area contributed by atoms with E-state index in [-0.39, 0.29) is 15.7 Å². The topological polar surface area (TPSA) is 84.0 Å². The lowest BCUT2D eigenvalue weighted by Gasteiger charge is -2.14. The second kappa shape index (κ2) is 9.02. The summed E-state index contributed by atoms with van der Waals surface area (Å²) in [5.74, 6) is 1.36. The fourth-order valence-corrected chi connectivity index (χ4v) is 2.03. The zero-order valence-corrected chi connectivity index (χ0v) is 15.5. The molecule has 0 saturated heterocycles. The SMILES string of the molecule is CC(I)CC(=O)Nc1cnc(NC(=O)C[C@H](C)C(C)C)cn1. The number of carbonyl (C=O) groups excluding carboxylic acids is 2. The Bertz CT molecular complexity index is 503. The third kappa shape index (κ3) is 7.15. The molecule has 1 heterocycles. The van der Waals surface area contributed by atoms with Crippen molar-refractivity contribution < 1.29 is 9.59 Å². The Hall–Kier alpha value is -1.25. The van der Waals surface area contributed by atoms with E-state index < -0.39 is 0 Å². The van der Waals surface area contributed by atoms with Gasteiger partial charge in [0.1, 0.15) is 0 Å². The van der Waals surface area contributed by atoms with Gasteiger partial charge < -0.3 is 10.6 Å². The summed E-state index contributed by atoms with van der Waals surface area (Å²) in [7, 11) is 0. The normalized spacial score (nSPS) is 13.5. The molecule has 6 nitrogen and oxygen atoms in total. The van der Waals surface area contributed by atoms with E-state index in [4.69, 9.17) is 0 Å². The van der Waals surface area contributed by atoms with Crippen LogP contribution in [0, 0.1) is 11.8 Å². The first-order chi connectivity index (χ1) is 10.3. The monoisotopic (exact) mass is 418 g/mol. The minimum atomic E-state index is -0.0984. The second-order valence-electron chi connectivity index (χ2n) is 5.79. The summed E-state index contributed by atoms with van der Waals surface area (Å²) < 4.78 is 0.257. The fourth-order valence-electron chi connectivity index (χ4n) is 1.63. The number of anilines is 2. The van der Waals surface area contributed by atoms with Crippen molar-refractivity contribution in [3.8, 4) is 0 Å². The molecular weight excluding hydrogens is 395 g/mol. The van der Waals surface area contributed by atoms with Gasteiger partial charge in [0.05, 0.1) is 12.4 Å². The maximum Gasteiger partial charge on any atom is 0.226 e. The van der Waals surface area contributed by atoms with E-state index in [2.05, 4.69) is 57.0 Å². The zero-order chi connectivity index (χ0) is 16.7. The maximum absolute atomic E-state index is 11.9. The Morgan fingerprint density at radius 1 is 1.00 bits per heavy atom. The minimum Gasteiger partial charge on any atom is -0.309 e. The Kier molecular flexibility index (Phi) is 7.70. The Labute approximate surface area is 145 Å². The van der Waals surface area contributed by atoms with Crippen molar-refractivity contribution in [3.63, 3.8) is 0 Å². The van der Waals surface area contributed by atoms with Crippen LogP contribution in [0.5, 0.6) is 0 Å². The van der Waals surface area contributed by atoms with Crippen molar-refractivity contribution >= 4 is 46.0 Å². The molecule has 2 atom stereocenters. The van der Waals surface area contributed by atoms with Gasteiger partial charge in [-0.3, -0.25) is 9.59 Å². The van der Waals surface area contributed by atoms with Crippen LogP contribution in [0.3, 0.4) is 0 Å². The molecule has 1 aromatic rings. The molecule has 0 spiro atoms. The quantitative estimate of drug-likeness (QED) is 0.526. The third-order valence-corrected chi connectivity index (χ3v) is 3.74. The first-order valence-electron chi connectivity index (χ1n) is 7.33. The second-order valence-corrected chi connectivity index (χ2v) is 7.92. The van der Waals surface area contributed by atoms with Crippen molar-refractivity contribution in [2.24, 2.45) is 11.8 Å². The van der Waals surface area contributed by atoms with Crippen LogP contribution < -0.4 is 10.6 Å². The number of hydrogen-bond donors (Lipinski definition) is 2. The van der Waals surface area contributed by atoms with Gasteiger partial charge in [-0.15, -0.1) is 0 Å². The van der Waals surface area contributed by atoms with Gasteiger partial charge in [0.25, 0.3) is 0 Å². The molecule has 122 valence electrons. The minimum absolute atomic E-state index is 0.0778. The predicted molar refractivity (Wildman–Crippen MR) is 96.0 cm³/mol. The van der Waals surface area contributed by atoms with E-state index in [0.29, 0.717) is 36.3 Å². The molecule has 2 N–H and O–H groups in total. The Morgan fingerprint density at radius 3 is 1.82 bits per heavy atom. The predicted octanol–water partition coefficient (Wildman–Crippen LogP) is 3.25. The lowest BCUT2D eigenvalue weighted by molar-refractivity contribution is -0.117. The average Bonchev–Trinajstić information content (AvgIpc) is 2.39. The van der Waals surface area contributed by atoms with Crippen LogP contribution in [0.4, 0.5) is 11.6 Å². The molecule has 0 aliphatic rings. The highest BCUT2D eigenvalue weighted by Crippen LogP contribution is 2.15. The van der Waals surface area contributed by atoms with Gasteiger partial charge in [-0.05, 0) is 11.8 Å². The molecule has 1 aromatic heterocycles. The summed E-state index contributed by atoms with van der Waals surface area (Å²) in [6, 6.07) is 0.